The molecule has 0 aromatic rings. The van der Waals surface area contributed by atoms with Gasteiger partial charge in [0.25, 0.3) is 0 Å². The third kappa shape index (κ3) is 4.75. The average Bonchev–Trinajstić information content (AvgIpc) is 1.65. The first-order valence-corrected chi connectivity index (χ1v) is 1.79. The molecule has 0 radical (unpaired) electrons. The van der Waals surface area contributed by atoms with Gasteiger partial charge in [0.1, 0.15) is 0 Å². The number of hydrogen-bond donors (Lipinski definition) is 0. The van der Waals surface area contributed by atoms with Crippen LogP contribution < -0.4 is 56.5 Å². The Kier molecular flexibility index (Phi) is 8.16. The molecule has 0 aromatic carbocycles. The summed E-state index contributed by atoms with van der Waals surface area (Å²) >= 11 is 0. The quantitative estimate of drug-likeness (QED) is 0.345. The Balaban J connectivity index is 0. The van der Waals surface area contributed by atoms with Gasteiger partial charge in [-0.2, -0.15) is 5.26 Å². The second-order valence-electron chi connectivity index (χ2n) is 1.17. The number of nitriles is 1. The molecule has 0 bridgehead atoms. The third-order valence-electron chi connectivity index (χ3n) is 0.547. The normalized spacial score (nSPS) is 10.5. The maximum atomic E-state index is 9.60. The number of hydrogen-bond acceptors (Lipinski definition) is 3. The molecule has 1 atom stereocenters. The van der Waals surface area contributed by atoms with E-state index in [1.165, 1.54) is 13.0 Å². The molecule has 0 fully saturated rings. The van der Waals surface area contributed by atoms with Crippen molar-refractivity contribution in [2.75, 3.05) is 0 Å². The summed E-state index contributed by atoms with van der Waals surface area (Å²) in [5, 5.41) is 17.4. The third-order valence-corrected chi connectivity index (χ3v) is 0.547. The Morgan fingerprint density at radius 2 is 2.25 bits per heavy atom. The monoisotopic (exact) mass is 137 g/mol. The largest absolute Gasteiger partial charge is 1.00 e. The molecule has 0 saturated carbocycles. The molecule has 0 aliphatic rings. The van der Waals surface area contributed by atoms with Gasteiger partial charge < -0.3 is 9.90 Å². The van der Waals surface area contributed by atoms with Crippen molar-refractivity contribution in [3.8, 4) is 6.07 Å². The van der Waals surface area contributed by atoms with Crippen molar-refractivity contribution in [1.29, 1.82) is 5.26 Å². The summed E-state index contributed by atoms with van der Waals surface area (Å²) in [4.78, 5) is 9.60. The fourth-order valence-corrected chi connectivity index (χ4v) is 0.0527. The summed E-state index contributed by atoms with van der Waals surface area (Å²) < 4.78 is 0. The van der Waals surface area contributed by atoms with Gasteiger partial charge >= 0.3 is 51.4 Å². The molecule has 1 unspecified atom stereocenters. The number of carboxylic acids is 1. The van der Waals surface area contributed by atoms with E-state index >= 15 is 0 Å². The van der Waals surface area contributed by atoms with Crippen LogP contribution in [-0.4, -0.2) is 5.97 Å². The Bertz CT molecular complexity index is 118. The second-order valence-corrected chi connectivity index (χ2v) is 1.17. The molecule has 3 nitrogen and oxygen atoms in total. The van der Waals surface area contributed by atoms with Gasteiger partial charge in [0.2, 0.25) is 0 Å². The molecular weight excluding hydrogens is 133 g/mol. The van der Waals surface area contributed by atoms with Crippen LogP contribution >= 0.6 is 0 Å². The second kappa shape index (κ2) is 5.73. The predicted octanol–water partition coefficient (Wildman–Crippen LogP) is -4.10. The zero-order chi connectivity index (χ0) is 5.86. The van der Waals surface area contributed by atoms with Crippen LogP contribution in [0.3, 0.4) is 0 Å². The number of carbonyl (C=O) groups excluding carboxylic acids is 1. The molecular formula is C4H4KNO2. The molecule has 0 heterocycles. The van der Waals surface area contributed by atoms with E-state index in [0.717, 1.165) is 0 Å². The van der Waals surface area contributed by atoms with E-state index < -0.39 is 11.9 Å². The molecule has 0 aliphatic heterocycles. The van der Waals surface area contributed by atoms with Gasteiger partial charge in [-0.3, -0.25) is 0 Å². The molecule has 0 amide bonds. The van der Waals surface area contributed by atoms with Gasteiger partial charge in [-0.15, -0.1) is 0 Å². The van der Waals surface area contributed by atoms with E-state index in [1.54, 1.807) is 0 Å². The minimum Gasteiger partial charge on any atom is -0.549 e. The molecule has 0 spiro atoms. The number of nitrogens with zero attached hydrogens (tertiary/aromatic N) is 1. The zero-order valence-electron chi connectivity index (χ0n) is 4.84. The SMILES string of the molecule is CC(C#N)C(=O)[O-].[K+]. The van der Waals surface area contributed by atoms with Gasteiger partial charge in [0.05, 0.1) is 18.0 Å². The van der Waals surface area contributed by atoms with Crippen molar-refractivity contribution in [2.24, 2.45) is 5.92 Å². The number of carboxylic acid groups (broad SMARTS) is 1. The summed E-state index contributed by atoms with van der Waals surface area (Å²) in [6, 6.07) is 1.50. The standard InChI is InChI=1S/C4H5NO2.K/c1-3(2-5)4(6)7;/h3H,1H3,(H,6,7);/q;+1/p-1. The number of aliphatic carboxylic acids is 1. The summed E-state index contributed by atoms with van der Waals surface area (Å²) in [6.45, 7) is 1.27. The van der Waals surface area contributed by atoms with Crippen molar-refractivity contribution >= 4 is 5.97 Å². The van der Waals surface area contributed by atoms with E-state index in [1.807, 2.05) is 0 Å². The summed E-state index contributed by atoms with van der Waals surface area (Å²) in [7, 11) is 0. The number of carbonyl (C=O) groups is 1. The minimum atomic E-state index is -1.32. The van der Waals surface area contributed by atoms with Crippen molar-refractivity contribution in [1.82, 2.24) is 0 Å². The van der Waals surface area contributed by atoms with E-state index in [-0.39, 0.29) is 51.4 Å². The van der Waals surface area contributed by atoms with Gasteiger partial charge in [-0.1, -0.05) is 0 Å². The van der Waals surface area contributed by atoms with Crippen molar-refractivity contribution in [2.45, 2.75) is 6.92 Å². The Labute approximate surface area is 90.1 Å². The van der Waals surface area contributed by atoms with Crippen LogP contribution in [0.4, 0.5) is 0 Å². The van der Waals surface area contributed by atoms with Crippen LogP contribution in [0, 0.1) is 17.2 Å². The van der Waals surface area contributed by atoms with Gasteiger partial charge in [0, 0.05) is 0 Å². The predicted molar refractivity (Wildman–Crippen MR) is 19.8 cm³/mol. The molecule has 0 aliphatic carbocycles. The Hall–Kier alpha value is 0.596. The first kappa shape index (κ1) is 11.4. The van der Waals surface area contributed by atoms with Crippen LogP contribution in [-0.2, 0) is 4.79 Å². The number of rotatable bonds is 1. The maximum Gasteiger partial charge on any atom is 1.00 e. The molecule has 0 aromatic heterocycles. The van der Waals surface area contributed by atoms with Crippen LogP contribution in [0.5, 0.6) is 0 Å². The van der Waals surface area contributed by atoms with Gasteiger partial charge in [-0.05, 0) is 6.92 Å². The summed E-state index contributed by atoms with van der Waals surface area (Å²) in [5.74, 6) is -2.30. The first-order valence-electron chi connectivity index (χ1n) is 1.79. The zero-order valence-corrected chi connectivity index (χ0v) is 7.96. The van der Waals surface area contributed by atoms with Crippen LogP contribution in [0.25, 0.3) is 0 Å². The van der Waals surface area contributed by atoms with E-state index in [4.69, 9.17) is 5.26 Å². The first-order chi connectivity index (χ1) is 3.18. The fraction of sp³-hybridized carbons (Fsp3) is 0.500. The van der Waals surface area contributed by atoms with E-state index in [9.17, 15) is 9.90 Å². The summed E-state index contributed by atoms with van der Waals surface area (Å²) in [6.07, 6.45) is 0. The molecule has 0 saturated heterocycles. The molecule has 4 heteroatoms. The minimum absolute atomic E-state index is 0. The smallest absolute Gasteiger partial charge is 0.549 e. The fourth-order valence-electron chi connectivity index (χ4n) is 0.0527. The van der Waals surface area contributed by atoms with Crippen LogP contribution in [0.15, 0.2) is 0 Å². The topological polar surface area (TPSA) is 63.9 Å². The van der Waals surface area contributed by atoms with Crippen molar-refractivity contribution in [3.05, 3.63) is 0 Å². The Morgan fingerprint density at radius 3 is 2.25 bits per heavy atom. The molecule has 8 heavy (non-hydrogen) atoms. The van der Waals surface area contributed by atoms with Crippen LogP contribution in [0.1, 0.15) is 6.92 Å². The van der Waals surface area contributed by atoms with Crippen molar-refractivity contribution < 1.29 is 61.3 Å². The van der Waals surface area contributed by atoms with Crippen LogP contribution in [0.2, 0.25) is 0 Å². The van der Waals surface area contributed by atoms with Crippen molar-refractivity contribution in [3.63, 3.8) is 0 Å². The molecule has 0 rings (SSSR count). The Morgan fingerprint density at radius 1 is 1.88 bits per heavy atom. The van der Waals surface area contributed by atoms with Gasteiger partial charge in [0.15, 0.2) is 0 Å². The van der Waals surface area contributed by atoms with E-state index in [0.29, 0.717) is 0 Å². The summed E-state index contributed by atoms with van der Waals surface area (Å²) in [5.41, 5.74) is 0. The van der Waals surface area contributed by atoms with E-state index in [2.05, 4.69) is 0 Å². The average molecular weight is 137 g/mol. The molecule has 0 N–H and O–H groups in total. The van der Waals surface area contributed by atoms with Gasteiger partial charge in [-0.25, -0.2) is 0 Å². The maximum absolute atomic E-state index is 9.60. The molecule has 38 valence electrons.